The van der Waals surface area contributed by atoms with Crippen LogP contribution in [0.2, 0.25) is 0 Å². The van der Waals surface area contributed by atoms with E-state index in [2.05, 4.69) is 26.6 Å². The smallest absolute Gasteiger partial charge is 0.338 e. The van der Waals surface area contributed by atoms with Crippen molar-refractivity contribution >= 4 is 33.5 Å². The van der Waals surface area contributed by atoms with Crippen LogP contribution in [0.1, 0.15) is 37.0 Å². The van der Waals surface area contributed by atoms with Crippen molar-refractivity contribution in [3.63, 3.8) is 0 Å². The lowest BCUT2D eigenvalue weighted by atomic mass is 9.99. The maximum Gasteiger partial charge on any atom is 0.338 e. The molecule has 1 fully saturated rings. The normalized spacial score (nSPS) is 21.1. The minimum atomic E-state index is -0.529. The van der Waals surface area contributed by atoms with Crippen LogP contribution in [0.4, 0.5) is 5.69 Å². The first-order valence-corrected chi connectivity index (χ1v) is 7.79. The summed E-state index contributed by atoms with van der Waals surface area (Å²) >= 11 is 3.38. The van der Waals surface area contributed by atoms with E-state index in [-0.39, 0.29) is 11.9 Å². The summed E-state index contributed by atoms with van der Waals surface area (Å²) in [5, 5.41) is 6.11. The summed E-state index contributed by atoms with van der Waals surface area (Å²) in [6.45, 7) is 4.85. The molecular formula is C15H19BrN2O3. The van der Waals surface area contributed by atoms with Crippen LogP contribution in [0, 0.1) is 0 Å². The summed E-state index contributed by atoms with van der Waals surface area (Å²) in [4.78, 5) is 24.0. The zero-order valence-corrected chi connectivity index (χ0v) is 13.7. The molecule has 1 saturated heterocycles. The number of nitrogens with one attached hydrogen (secondary N) is 2. The predicted molar refractivity (Wildman–Crippen MR) is 84.4 cm³/mol. The molecule has 1 aromatic carbocycles. The Bertz CT molecular complexity index is 554. The molecule has 6 heteroatoms. The Balaban J connectivity index is 2.11. The molecule has 0 saturated carbocycles. The van der Waals surface area contributed by atoms with E-state index in [0.29, 0.717) is 22.3 Å². The average molecular weight is 355 g/mol. The first-order chi connectivity index (χ1) is 9.96. The number of esters is 1. The van der Waals surface area contributed by atoms with Crippen LogP contribution < -0.4 is 10.6 Å². The van der Waals surface area contributed by atoms with Crippen molar-refractivity contribution in [2.24, 2.45) is 0 Å². The van der Waals surface area contributed by atoms with Gasteiger partial charge in [-0.15, -0.1) is 0 Å². The Kier molecular flexibility index (Phi) is 5.00. The SMILES string of the molecule is CCOC(=O)c1ccc(NC(=O)C2(C)CCCN2)c(Br)c1. The summed E-state index contributed by atoms with van der Waals surface area (Å²) in [6, 6.07) is 4.99. The standard InChI is InChI=1S/C15H19BrN2O3/c1-3-21-13(19)10-5-6-12(11(16)9-10)18-14(20)15(2)7-4-8-17-15/h5-6,9,17H,3-4,7-8H2,1-2H3,(H,18,20). The summed E-state index contributed by atoms with van der Waals surface area (Å²) in [5.41, 5.74) is 0.564. The molecule has 2 rings (SSSR count). The molecule has 1 aliphatic heterocycles. The van der Waals surface area contributed by atoms with Gasteiger partial charge in [-0.1, -0.05) is 0 Å². The van der Waals surface area contributed by atoms with Gasteiger partial charge in [-0.05, 0) is 67.4 Å². The minimum absolute atomic E-state index is 0.0652. The summed E-state index contributed by atoms with van der Waals surface area (Å²) in [5.74, 6) is -0.440. The Morgan fingerprint density at radius 1 is 1.48 bits per heavy atom. The Morgan fingerprint density at radius 2 is 2.24 bits per heavy atom. The zero-order chi connectivity index (χ0) is 15.5. The van der Waals surface area contributed by atoms with E-state index >= 15 is 0 Å². The molecule has 1 aromatic rings. The van der Waals surface area contributed by atoms with Crippen molar-refractivity contribution in [1.29, 1.82) is 0 Å². The Hall–Kier alpha value is -1.40. The molecular weight excluding hydrogens is 336 g/mol. The van der Waals surface area contributed by atoms with Crippen molar-refractivity contribution in [3.8, 4) is 0 Å². The van der Waals surface area contributed by atoms with Crippen LogP contribution in [0.25, 0.3) is 0 Å². The van der Waals surface area contributed by atoms with E-state index in [1.807, 2.05) is 6.92 Å². The van der Waals surface area contributed by atoms with Crippen molar-refractivity contribution in [2.45, 2.75) is 32.2 Å². The molecule has 0 aromatic heterocycles. The van der Waals surface area contributed by atoms with Gasteiger partial charge in [-0.2, -0.15) is 0 Å². The number of hydrogen-bond acceptors (Lipinski definition) is 4. The maximum atomic E-state index is 12.3. The van der Waals surface area contributed by atoms with Gasteiger partial charge in [-0.3, -0.25) is 4.79 Å². The third-order valence-electron chi connectivity index (χ3n) is 3.60. The van der Waals surface area contributed by atoms with Crippen LogP contribution in [0.5, 0.6) is 0 Å². The maximum absolute atomic E-state index is 12.3. The van der Waals surface area contributed by atoms with Gasteiger partial charge in [0.2, 0.25) is 5.91 Å². The second-order valence-corrected chi connectivity index (χ2v) is 6.09. The van der Waals surface area contributed by atoms with Crippen LogP contribution >= 0.6 is 15.9 Å². The van der Waals surface area contributed by atoms with Gasteiger partial charge in [0.25, 0.3) is 0 Å². The molecule has 0 radical (unpaired) electrons. The molecule has 2 N–H and O–H groups in total. The number of halogens is 1. The fraction of sp³-hybridized carbons (Fsp3) is 0.467. The van der Waals surface area contributed by atoms with E-state index in [9.17, 15) is 9.59 Å². The van der Waals surface area contributed by atoms with Crippen molar-refractivity contribution in [1.82, 2.24) is 5.32 Å². The van der Waals surface area contributed by atoms with E-state index < -0.39 is 5.54 Å². The van der Waals surface area contributed by atoms with Crippen molar-refractivity contribution in [2.75, 3.05) is 18.5 Å². The van der Waals surface area contributed by atoms with E-state index in [1.165, 1.54) is 0 Å². The fourth-order valence-electron chi connectivity index (χ4n) is 2.31. The molecule has 114 valence electrons. The van der Waals surface area contributed by atoms with Crippen LogP contribution in [0.3, 0.4) is 0 Å². The van der Waals surface area contributed by atoms with E-state index in [0.717, 1.165) is 19.4 Å². The van der Waals surface area contributed by atoms with Gasteiger partial charge in [0.1, 0.15) is 0 Å². The molecule has 21 heavy (non-hydrogen) atoms. The van der Waals surface area contributed by atoms with Gasteiger partial charge in [-0.25, -0.2) is 4.79 Å². The number of benzene rings is 1. The molecule has 0 aliphatic carbocycles. The van der Waals surface area contributed by atoms with E-state index in [1.54, 1.807) is 25.1 Å². The highest BCUT2D eigenvalue weighted by molar-refractivity contribution is 9.10. The van der Waals surface area contributed by atoms with Crippen molar-refractivity contribution in [3.05, 3.63) is 28.2 Å². The monoisotopic (exact) mass is 354 g/mol. The zero-order valence-electron chi connectivity index (χ0n) is 12.2. The van der Waals surface area contributed by atoms with Crippen LogP contribution in [-0.4, -0.2) is 30.6 Å². The highest BCUT2D eigenvalue weighted by Crippen LogP contribution is 2.27. The van der Waals surface area contributed by atoms with Crippen molar-refractivity contribution < 1.29 is 14.3 Å². The number of hydrogen-bond donors (Lipinski definition) is 2. The molecule has 1 heterocycles. The first-order valence-electron chi connectivity index (χ1n) is 6.99. The predicted octanol–water partition coefficient (Wildman–Crippen LogP) is 2.71. The largest absolute Gasteiger partial charge is 0.462 e. The number of rotatable bonds is 4. The molecule has 5 nitrogen and oxygen atoms in total. The molecule has 1 amide bonds. The van der Waals surface area contributed by atoms with E-state index in [4.69, 9.17) is 4.74 Å². The minimum Gasteiger partial charge on any atom is -0.462 e. The number of anilines is 1. The third-order valence-corrected chi connectivity index (χ3v) is 4.25. The van der Waals surface area contributed by atoms with Gasteiger partial charge >= 0.3 is 5.97 Å². The molecule has 0 bridgehead atoms. The summed E-state index contributed by atoms with van der Waals surface area (Å²) < 4.78 is 5.60. The first kappa shape index (κ1) is 16.0. The van der Waals surface area contributed by atoms with Gasteiger partial charge in [0.05, 0.1) is 23.4 Å². The summed E-state index contributed by atoms with van der Waals surface area (Å²) in [6.07, 6.45) is 1.81. The number of carbonyl (C=O) groups excluding carboxylic acids is 2. The lowest BCUT2D eigenvalue weighted by Crippen LogP contribution is -2.48. The van der Waals surface area contributed by atoms with Gasteiger partial charge < -0.3 is 15.4 Å². The topological polar surface area (TPSA) is 67.4 Å². The van der Waals surface area contributed by atoms with Crippen LogP contribution in [0.15, 0.2) is 22.7 Å². The molecule has 1 unspecified atom stereocenters. The number of amides is 1. The Labute approximate surface area is 132 Å². The lowest BCUT2D eigenvalue weighted by molar-refractivity contribution is -0.121. The molecule has 0 spiro atoms. The van der Waals surface area contributed by atoms with Crippen LogP contribution in [-0.2, 0) is 9.53 Å². The fourth-order valence-corrected chi connectivity index (χ4v) is 2.78. The number of ether oxygens (including phenoxy) is 1. The summed E-state index contributed by atoms with van der Waals surface area (Å²) in [7, 11) is 0. The quantitative estimate of drug-likeness (QED) is 0.815. The third kappa shape index (κ3) is 3.63. The average Bonchev–Trinajstić information content (AvgIpc) is 2.89. The second kappa shape index (κ2) is 6.58. The Morgan fingerprint density at radius 3 is 2.81 bits per heavy atom. The number of carbonyl (C=O) groups is 2. The van der Waals surface area contributed by atoms with Gasteiger partial charge in [0.15, 0.2) is 0 Å². The highest BCUT2D eigenvalue weighted by Gasteiger charge is 2.36. The molecule has 1 atom stereocenters. The highest BCUT2D eigenvalue weighted by atomic mass is 79.9. The lowest BCUT2D eigenvalue weighted by Gasteiger charge is -2.23. The molecule has 1 aliphatic rings. The second-order valence-electron chi connectivity index (χ2n) is 5.23. The van der Waals surface area contributed by atoms with Gasteiger partial charge in [0, 0.05) is 4.47 Å².